The molecule has 0 heterocycles. The Morgan fingerprint density at radius 1 is 1.41 bits per heavy atom. The maximum atomic E-state index is 10.2. The summed E-state index contributed by atoms with van der Waals surface area (Å²) in [6.45, 7) is 0. The fourth-order valence-electron chi connectivity index (χ4n) is 2.64. The van der Waals surface area contributed by atoms with Gasteiger partial charge in [0.2, 0.25) is 0 Å². The van der Waals surface area contributed by atoms with Gasteiger partial charge in [-0.05, 0) is 42.5 Å². The van der Waals surface area contributed by atoms with Crippen LogP contribution in [0.2, 0.25) is 0 Å². The Morgan fingerprint density at radius 2 is 2.12 bits per heavy atom. The third kappa shape index (κ3) is 3.23. The van der Waals surface area contributed by atoms with Gasteiger partial charge in [0.1, 0.15) is 5.75 Å². The van der Waals surface area contributed by atoms with E-state index < -0.39 is 0 Å². The van der Waals surface area contributed by atoms with Gasteiger partial charge in [-0.25, -0.2) is 0 Å². The smallest absolute Gasteiger partial charge is 0.122 e. The number of hydrogen-bond acceptors (Lipinski definition) is 2. The minimum atomic E-state index is -0.235. The second-order valence-corrected chi connectivity index (χ2v) is 5.69. The van der Waals surface area contributed by atoms with Crippen molar-refractivity contribution in [2.24, 2.45) is 5.92 Å². The van der Waals surface area contributed by atoms with Gasteiger partial charge < -0.3 is 9.84 Å². The molecule has 0 amide bonds. The van der Waals surface area contributed by atoms with E-state index in [1.54, 1.807) is 7.11 Å². The molecule has 0 radical (unpaired) electrons. The number of methoxy groups -OCH3 is 1. The van der Waals surface area contributed by atoms with Crippen LogP contribution >= 0.6 is 15.9 Å². The van der Waals surface area contributed by atoms with E-state index in [2.05, 4.69) is 15.9 Å². The summed E-state index contributed by atoms with van der Waals surface area (Å²) >= 11 is 3.46. The van der Waals surface area contributed by atoms with Crippen LogP contribution in [0.15, 0.2) is 22.7 Å². The lowest BCUT2D eigenvalue weighted by Crippen LogP contribution is -2.20. The van der Waals surface area contributed by atoms with Crippen molar-refractivity contribution in [2.75, 3.05) is 7.11 Å². The van der Waals surface area contributed by atoms with Crippen LogP contribution in [-0.2, 0) is 6.42 Å². The molecule has 94 valence electrons. The molecule has 1 aromatic rings. The van der Waals surface area contributed by atoms with E-state index >= 15 is 0 Å². The summed E-state index contributed by atoms with van der Waals surface area (Å²) in [5.41, 5.74) is 1.08. The lowest BCUT2D eigenvalue weighted by molar-refractivity contribution is 0.110. The zero-order valence-corrected chi connectivity index (χ0v) is 11.7. The minimum Gasteiger partial charge on any atom is -0.496 e. The van der Waals surface area contributed by atoms with Crippen LogP contribution in [0, 0.1) is 5.92 Å². The van der Waals surface area contributed by atoms with Gasteiger partial charge in [-0.15, -0.1) is 0 Å². The van der Waals surface area contributed by atoms with Crippen molar-refractivity contribution in [3.63, 3.8) is 0 Å². The number of ether oxygens (including phenoxy) is 1. The summed E-state index contributed by atoms with van der Waals surface area (Å²) in [7, 11) is 1.68. The maximum Gasteiger partial charge on any atom is 0.122 e. The molecule has 1 aliphatic rings. The highest BCUT2D eigenvalue weighted by Gasteiger charge is 2.24. The first kappa shape index (κ1) is 12.9. The van der Waals surface area contributed by atoms with Gasteiger partial charge in [0, 0.05) is 10.9 Å². The SMILES string of the molecule is COc1ccc(Br)cc1CC(O)C1CCCC1. The third-order valence-electron chi connectivity index (χ3n) is 3.62. The number of halogens is 1. The molecule has 2 nitrogen and oxygen atoms in total. The fraction of sp³-hybridized carbons (Fsp3) is 0.571. The summed E-state index contributed by atoms with van der Waals surface area (Å²) < 4.78 is 6.37. The predicted octanol–water partition coefficient (Wildman–Crippen LogP) is 3.55. The van der Waals surface area contributed by atoms with Crippen LogP contribution in [0.5, 0.6) is 5.75 Å². The van der Waals surface area contributed by atoms with Gasteiger partial charge in [-0.3, -0.25) is 0 Å². The molecule has 1 unspecified atom stereocenters. The van der Waals surface area contributed by atoms with Crippen LogP contribution in [0.1, 0.15) is 31.2 Å². The summed E-state index contributed by atoms with van der Waals surface area (Å²) in [4.78, 5) is 0. The Labute approximate surface area is 111 Å². The fourth-order valence-corrected chi connectivity index (χ4v) is 3.05. The second kappa shape index (κ2) is 5.87. The molecule has 1 N–H and O–H groups in total. The Balaban J connectivity index is 2.08. The van der Waals surface area contributed by atoms with Crippen molar-refractivity contribution < 1.29 is 9.84 Å². The quantitative estimate of drug-likeness (QED) is 0.921. The van der Waals surface area contributed by atoms with E-state index in [4.69, 9.17) is 4.74 Å². The first-order valence-electron chi connectivity index (χ1n) is 6.21. The first-order valence-corrected chi connectivity index (χ1v) is 7.00. The van der Waals surface area contributed by atoms with Gasteiger partial charge in [0.05, 0.1) is 13.2 Å². The summed E-state index contributed by atoms with van der Waals surface area (Å²) in [5.74, 6) is 1.34. The average Bonchev–Trinajstić information content (AvgIpc) is 2.83. The zero-order chi connectivity index (χ0) is 12.3. The third-order valence-corrected chi connectivity index (χ3v) is 4.11. The monoisotopic (exact) mass is 298 g/mol. The van der Waals surface area contributed by atoms with Gasteiger partial charge in [0.25, 0.3) is 0 Å². The van der Waals surface area contributed by atoms with Gasteiger partial charge in [-0.2, -0.15) is 0 Å². The lowest BCUT2D eigenvalue weighted by Gasteiger charge is -2.19. The number of rotatable bonds is 4. The van der Waals surface area contributed by atoms with Gasteiger partial charge in [-0.1, -0.05) is 28.8 Å². The molecule has 0 bridgehead atoms. The number of benzene rings is 1. The highest BCUT2D eigenvalue weighted by molar-refractivity contribution is 9.10. The van der Waals surface area contributed by atoms with Crippen molar-refractivity contribution in [3.05, 3.63) is 28.2 Å². The number of hydrogen-bond donors (Lipinski definition) is 1. The highest BCUT2D eigenvalue weighted by Crippen LogP contribution is 2.31. The van der Waals surface area contributed by atoms with E-state index in [0.29, 0.717) is 12.3 Å². The molecular formula is C14H19BrO2. The molecule has 1 atom stereocenters. The van der Waals surface area contributed by atoms with E-state index in [1.165, 1.54) is 12.8 Å². The van der Waals surface area contributed by atoms with Gasteiger partial charge >= 0.3 is 0 Å². The molecule has 2 rings (SSSR count). The largest absolute Gasteiger partial charge is 0.496 e. The van der Waals surface area contributed by atoms with Crippen molar-refractivity contribution >= 4 is 15.9 Å². The van der Waals surface area contributed by atoms with E-state index in [-0.39, 0.29) is 6.10 Å². The van der Waals surface area contributed by atoms with Crippen LogP contribution in [0.3, 0.4) is 0 Å². The second-order valence-electron chi connectivity index (χ2n) is 4.77. The van der Waals surface area contributed by atoms with E-state index in [0.717, 1.165) is 28.6 Å². The van der Waals surface area contributed by atoms with Crippen LogP contribution in [0.4, 0.5) is 0 Å². The molecule has 0 saturated heterocycles. The van der Waals surface area contributed by atoms with Crippen LogP contribution < -0.4 is 4.74 Å². The summed E-state index contributed by atoms with van der Waals surface area (Å²) in [6.07, 6.45) is 5.30. The van der Waals surface area contributed by atoms with Gasteiger partial charge in [0.15, 0.2) is 0 Å². The standard InChI is InChI=1S/C14H19BrO2/c1-17-14-7-6-12(15)8-11(14)9-13(16)10-4-2-3-5-10/h6-8,10,13,16H,2-5,9H2,1H3. The Hall–Kier alpha value is -0.540. The molecule has 0 aromatic heterocycles. The topological polar surface area (TPSA) is 29.5 Å². The molecule has 1 aromatic carbocycles. The molecule has 1 fully saturated rings. The molecule has 0 spiro atoms. The number of aliphatic hydroxyl groups is 1. The Kier molecular flexibility index (Phi) is 4.46. The molecule has 1 aliphatic carbocycles. The van der Waals surface area contributed by atoms with Crippen molar-refractivity contribution in [1.82, 2.24) is 0 Å². The molecular weight excluding hydrogens is 280 g/mol. The van der Waals surface area contributed by atoms with E-state index in [9.17, 15) is 5.11 Å². The van der Waals surface area contributed by atoms with Crippen molar-refractivity contribution in [1.29, 1.82) is 0 Å². The molecule has 17 heavy (non-hydrogen) atoms. The van der Waals surface area contributed by atoms with Crippen molar-refractivity contribution in [3.8, 4) is 5.75 Å². The normalized spacial score (nSPS) is 18.3. The zero-order valence-electron chi connectivity index (χ0n) is 10.2. The minimum absolute atomic E-state index is 0.235. The number of aliphatic hydroxyl groups excluding tert-OH is 1. The molecule has 0 aliphatic heterocycles. The van der Waals surface area contributed by atoms with Crippen LogP contribution in [0.25, 0.3) is 0 Å². The predicted molar refractivity (Wildman–Crippen MR) is 72.4 cm³/mol. The van der Waals surface area contributed by atoms with Crippen molar-refractivity contribution in [2.45, 2.75) is 38.2 Å². The Morgan fingerprint density at radius 3 is 2.76 bits per heavy atom. The summed E-state index contributed by atoms with van der Waals surface area (Å²) in [6, 6.07) is 5.95. The first-order chi connectivity index (χ1) is 8.20. The Bertz CT molecular complexity index is 372. The van der Waals surface area contributed by atoms with Crippen LogP contribution in [-0.4, -0.2) is 18.3 Å². The average molecular weight is 299 g/mol. The van der Waals surface area contributed by atoms with E-state index in [1.807, 2.05) is 18.2 Å². The highest BCUT2D eigenvalue weighted by atomic mass is 79.9. The lowest BCUT2D eigenvalue weighted by atomic mass is 9.94. The summed E-state index contributed by atoms with van der Waals surface area (Å²) in [5, 5.41) is 10.2. The molecule has 1 saturated carbocycles. The maximum absolute atomic E-state index is 10.2. The molecule has 3 heteroatoms.